The van der Waals surface area contributed by atoms with E-state index in [4.69, 9.17) is 9.84 Å². The zero-order valence-corrected chi connectivity index (χ0v) is 12.0. The molecule has 21 heavy (non-hydrogen) atoms. The summed E-state index contributed by atoms with van der Waals surface area (Å²) in [5.74, 6) is 0.438. The highest BCUT2D eigenvalue weighted by molar-refractivity contribution is 5.94. The van der Waals surface area contributed by atoms with Crippen molar-refractivity contribution in [3.05, 3.63) is 60.2 Å². The summed E-state index contributed by atoms with van der Waals surface area (Å²) in [4.78, 5) is 12.0. The largest absolute Gasteiger partial charge is 0.481 e. The van der Waals surface area contributed by atoms with Crippen LogP contribution in [-0.2, 0) is 11.2 Å². The standard InChI is InChI=1S/C17H19NO3/c1-13(17(20)18-15-5-3-2-4-6-15)21-16-9-7-14(8-10-16)11-12-19/h2-10,13,19H,11-12H2,1H3,(H,18,20). The summed E-state index contributed by atoms with van der Waals surface area (Å²) < 4.78 is 5.61. The second-order valence-electron chi connectivity index (χ2n) is 4.73. The van der Waals surface area contributed by atoms with E-state index >= 15 is 0 Å². The Morgan fingerprint density at radius 3 is 2.43 bits per heavy atom. The van der Waals surface area contributed by atoms with E-state index in [2.05, 4.69) is 5.32 Å². The highest BCUT2D eigenvalue weighted by Crippen LogP contribution is 2.15. The third-order valence-electron chi connectivity index (χ3n) is 3.05. The Morgan fingerprint density at radius 1 is 1.14 bits per heavy atom. The summed E-state index contributed by atoms with van der Waals surface area (Å²) >= 11 is 0. The van der Waals surface area contributed by atoms with Crippen LogP contribution in [0.25, 0.3) is 0 Å². The van der Waals surface area contributed by atoms with E-state index in [0.717, 1.165) is 11.3 Å². The number of anilines is 1. The van der Waals surface area contributed by atoms with Crippen LogP contribution in [0.3, 0.4) is 0 Å². The number of para-hydroxylation sites is 1. The molecule has 2 aromatic carbocycles. The van der Waals surface area contributed by atoms with Gasteiger partial charge in [0.05, 0.1) is 0 Å². The molecule has 0 spiro atoms. The summed E-state index contributed by atoms with van der Waals surface area (Å²) in [5.41, 5.74) is 1.78. The van der Waals surface area contributed by atoms with Crippen LogP contribution in [0, 0.1) is 0 Å². The number of aliphatic hydroxyl groups excluding tert-OH is 1. The maximum atomic E-state index is 12.0. The summed E-state index contributed by atoms with van der Waals surface area (Å²) in [7, 11) is 0. The summed E-state index contributed by atoms with van der Waals surface area (Å²) in [6.45, 7) is 1.83. The van der Waals surface area contributed by atoms with Crippen molar-refractivity contribution in [3.63, 3.8) is 0 Å². The number of hydrogen-bond acceptors (Lipinski definition) is 3. The van der Waals surface area contributed by atoms with Gasteiger partial charge in [-0.15, -0.1) is 0 Å². The first-order valence-electron chi connectivity index (χ1n) is 6.91. The van der Waals surface area contributed by atoms with Crippen LogP contribution in [0.15, 0.2) is 54.6 Å². The van der Waals surface area contributed by atoms with Crippen LogP contribution in [0.4, 0.5) is 5.69 Å². The average Bonchev–Trinajstić information content (AvgIpc) is 2.50. The fourth-order valence-electron chi connectivity index (χ4n) is 1.89. The van der Waals surface area contributed by atoms with E-state index in [-0.39, 0.29) is 12.5 Å². The van der Waals surface area contributed by atoms with Crippen LogP contribution in [-0.4, -0.2) is 23.7 Å². The molecule has 0 aromatic heterocycles. The van der Waals surface area contributed by atoms with Gasteiger partial charge in [-0.2, -0.15) is 0 Å². The molecule has 2 aromatic rings. The van der Waals surface area contributed by atoms with Gasteiger partial charge in [0.15, 0.2) is 6.10 Å². The van der Waals surface area contributed by atoms with Crippen molar-refractivity contribution in [2.24, 2.45) is 0 Å². The van der Waals surface area contributed by atoms with E-state index in [1.165, 1.54) is 0 Å². The van der Waals surface area contributed by atoms with Gasteiger partial charge in [-0.25, -0.2) is 0 Å². The Kier molecular flexibility index (Phi) is 5.35. The number of ether oxygens (including phenoxy) is 1. The molecular formula is C17H19NO3. The summed E-state index contributed by atoms with van der Waals surface area (Å²) in [6.07, 6.45) is 0.0264. The van der Waals surface area contributed by atoms with Gasteiger partial charge in [0.1, 0.15) is 5.75 Å². The lowest BCUT2D eigenvalue weighted by Gasteiger charge is -2.15. The van der Waals surface area contributed by atoms with Crippen molar-refractivity contribution < 1.29 is 14.6 Å². The zero-order chi connectivity index (χ0) is 15.1. The number of aliphatic hydroxyl groups is 1. The fourth-order valence-corrected chi connectivity index (χ4v) is 1.89. The number of amides is 1. The van der Waals surface area contributed by atoms with E-state index in [9.17, 15) is 4.79 Å². The van der Waals surface area contributed by atoms with Gasteiger partial charge in [0.25, 0.3) is 5.91 Å². The lowest BCUT2D eigenvalue weighted by molar-refractivity contribution is -0.122. The first-order chi connectivity index (χ1) is 10.2. The molecule has 0 bridgehead atoms. The maximum absolute atomic E-state index is 12.0. The van der Waals surface area contributed by atoms with Crippen molar-refractivity contribution >= 4 is 11.6 Å². The van der Waals surface area contributed by atoms with Crippen LogP contribution in [0.2, 0.25) is 0 Å². The molecule has 0 saturated carbocycles. The molecule has 4 nitrogen and oxygen atoms in total. The highest BCUT2D eigenvalue weighted by atomic mass is 16.5. The molecule has 4 heteroatoms. The second kappa shape index (κ2) is 7.45. The molecule has 1 amide bonds. The Morgan fingerprint density at radius 2 is 1.81 bits per heavy atom. The lowest BCUT2D eigenvalue weighted by atomic mass is 10.1. The minimum absolute atomic E-state index is 0.121. The van der Waals surface area contributed by atoms with E-state index in [1.807, 2.05) is 42.5 Å². The minimum atomic E-state index is -0.589. The van der Waals surface area contributed by atoms with Crippen molar-refractivity contribution in [2.45, 2.75) is 19.4 Å². The first-order valence-corrected chi connectivity index (χ1v) is 6.91. The third kappa shape index (κ3) is 4.61. The number of rotatable bonds is 6. The first kappa shape index (κ1) is 15.1. The zero-order valence-electron chi connectivity index (χ0n) is 12.0. The van der Waals surface area contributed by atoms with Crippen LogP contribution in [0.1, 0.15) is 12.5 Å². The molecule has 2 rings (SSSR count). The smallest absolute Gasteiger partial charge is 0.265 e. The molecule has 0 aliphatic heterocycles. The summed E-state index contributed by atoms with van der Waals surface area (Å²) in [5, 5.41) is 11.7. The minimum Gasteiger partial charge on any atom is -0.481 e. The van der Waals surface area contributed by atoms with Gasteiger partial charge in [0.2, 0.25) is 0 Å². The normalized spacial score (nSPS) is 11.7. The van der Waals surface area contributed by atoms with Crippen molar-refractivity contribution in [2.75, 3.05) is 11.9 Å². The number of benzene rings is 2. The Balaban J connectivity index is 1.91. The quantitative estimate of drug-likeness (QED) is 0.857. The van der Waals surface area contributed by atoms with Gasteiger partial charge in [-0.05, 0) is 43.2 Å². The molecule has 110 valence electrons. The molecule has 0 aliphatic carbocycles. The molecule has 0 aliphatic rings. The Hall–Kier alpha value is -2.33. The van der Waals surface area contributed by atoms with Crippen molar-refractivity contribution in [1.82, 2.24) is 0 Å². The van der Waals surface area contributed by atoms with Gasteiger partial charge in [0, 0.05) is 12.3 Å². The molecule has 0 heterocycles. The SMILES string of the molecule is CC(Oc1ccc(CCO)cc1)C(=O)Nc1ccccc1. The van der Waals surface area contributed by atoms with Crippen LogP contribution in [0.5, 0.6) is 5.75 Å². The highest BCUT2D eigenvalue weighted by Gasteiger charge is 2.14. The van der Waals surface area contributed by atoms with Gasteiger partial charge in [-0.1, -0.05) is 30.3 Å². The molecule has 0 saturated heterocycles. The molecular weight excluding hydrogens is 266 g/mol. The van der Waals surface area contributed by atoms with E-state index in [0.29, 0.717) is 12.2 Å². The fraction of sp³-hybridized carbons (Fsp3) is 0.235. The summed E-state index contributed by atoms with van der Waals surface area (Å²) in [6, 6.07) is 16.6. The molecule has 2 N–H and O–H groups in total. The number of carbonyl (C=O) groups excluding carboxylic acids is 1. The number of nitrogens with one attached hydrogen (secondary N) is 1. The third-order valence-corrected chi connectivity index (χ3v) is 3.05. The van der Waals surface area contributed by atoms with Crippen molar-refractivity contribution in [3.8, 4) is 5.75 Å². The average molecular weight is 285 g/mol. The monoisotopic (exact) mass is 285 g/mol. The molecule has 1 unspecified atom stereocenters. The predicted molar refractivity (Wildman–Crippen MR) is 82.4 cm³/mol. The topological polar surface area (TPSA) is 58.6 Å². The van der Waals surface area contributed by atoms with E-state index in [1.54, 1.807) is 19.1 Å². The van der Waals surface area contributed by atoms with Gasteiger partial charge in [-0.3, -0.25) is 4.79 Å². The number of carbonyl (C=O) groups is 1. The molecule has 1 atom stereocenters. The van der Waals surface area contributed by atoms with Crippen LogP contribution >= 0.6 is 0 Å². The van der Waals surface area contributed by atoms with Crippen molar-refractivity contribution in [1.29, 1.82) is 0 Å². The van der Waals surface area contributed by atoms with Gasteiger partial charge >= 0.3 is 0 Å². The maximum Gasteiger partial charge on any atom is 0.265 e. The Labute approximate surface area is 124 Å². The Bertz CT molecular complexity index is 566. The molecule has 0 fully saturated rings. The second-order valence-corrected chi connectivity index (χ2v) is 4.73. The lowest BCUT2D eigenvalue weighted by Crippen LogP contribution is -2.30. The van der Waals surface area contributed by atoms with Crippen LogP contribution < -0.4 is 10.1 Å². The molecule has 0 radical (unpaired) electrons. The van der Waals surface area contributed by atoms with Gasteiger partial charge < -0.3 is 15.2 Å². The predicted octanol–water partition coefficient (Wildman–Crippen LogP) is 2.63. The number of hydrogen-bond donors (Lipinski definition) is 2. The van der Waals surface area contributed by atoms with E-state index < -0.39 is 6.10 Å².